The Balaban J connectivity index is 2.41. The number of thioether (sulfide) groups is 1. The SMILES string of the molecule is CCNCc1ccc(SCC(F)F)cc1. The monoisotopic (exact) mass is 231 g/mol. The highest BCUT2D eigenvalue weighted by atomic mass is 32.2. The summed E-state index contributed by atoms with van der Waals surface area (Å²) in [6, 6.07) is 7.71. The van der Waals surface area contributed by atoms with Crippen LogP contribution >= 0.6 is 11.8 Å². The van der Waals surface area contributed by atoms with Gasteiger partial charge in [-0.05, 0) is 24.2 Å². The van der Waals surface area contributed by atoms with Crippen molar-refractivity contribution in [2.24, 2.45) is 0 Å². The molecule has 15 heavy (non-hydrogen) atoms. The van der Waals surface area contributed by atoms with E-state index >= 15 is 0 Å². The van der Waals surface area contributed by atoms with Crippen LogP contribution in [0.15, 0.2) is 29.2 Å². The van der Waals surface area contributed by atoms with Crippen molar-refractivity contribution in [1.82, 2.24) is 5.32 Å². The van der Waals surface area contributed by atoms with E-state index in [0.29, 0.717) is 0 Å². The molecule has 1 rings (SSSR count). The van der Waals surface area contributed by atoms with Gasteiger partial charge in [-0.2, -0.15) is 0 Å². The lowest BCUT2D eigenvalue weighted by Gasteiger charge is -2.04. The lowest BCUT2D eigenvalue weighted by atomic mass is 10.2. The number of halogens is 2. The van der Waals surface area contributed by atoms with Gasteiger partial charge in [-0.3, -0.25) is 0 Å². The Morgan fingerprint density at radius 3 is 2.47 bits per heavy atom. The van der Waals surface area contributed by atoms with Crippen molar-refractivity contribution < 1.29 is 8.78 Å². The summed E-state index contributed by atoms with van der Waals surface area (Å²) < 4.78 is 23.9. The van der Waals surface area contributed by atoms with E-state index in [1.54, 1.807) is 0 Å². The second-order valence-corrected chi connectivity index (χ2v) is 4.22. The van der Waals surface area contributed by atoms with Crippen LogP contribution < -0.4 is 5.32 Å². The Morgan fingerprint density at radius 2 is 1.93 bits per heavy atom. The molecule has 0 aliphatic heterocycles. The van der Waals surface area contributed by atoms with E-state index in [0.717, 1.165) is 18.0 Å². The molecule has 0 heterocycles. The highest BCUT2D eigenvalue weighted by molar-refractivity contribution is 7.99. The van der Waals surface area contributed by atoms with Crippen molar-refractivity contribution in [3.8, 4) is 0 Å². The standard InChI is InChI=1S/C11H15F2NS/c1-2-14-7-9-3-5-10(6-4-9)15-8-11(12)13/h3-6,11,14H,2,7-8H2,1H3. The van der Waals surface area contributed by atoms with E-state index in [-0.39, 0.29) is 5.75 Å². The molecule has 1 nitrogen and oxygen atoms in total. The fraction of sp³-hybridized carbons (Fsp3) is 0.455. The maximum absolute atomic E-state index is 11.9. The number of hydrogen-bond acceptors (Lipinski definition) is 2. The van der Waals surface area contributed by atoms with Gasteiger partial charge in [-0.25, -0.2) is 8.78 Å². The normalized spacial score (nSPS) is 10.9. The third-order valence-corrected chi connectivity index (χ3v) is 2.90. The fourth-order valence-electron chi connectivity index (χ4n) is 1.13. The predicted octanol–water partition coefficient (Wildman–Crippen LogP) is 3.15. The maximum Gasteiger partial charge on any atom is 0.247 e. The summed E-state index contributed by atoms with van der Waals surface area (Å²) in [6.45, 7) is 3.81. The van der Waals surface area contributed by atoms with Crippen molar-refractivity contribution in [3.63, 3.8) is 0 Å². The zero-order valence-corrected chi connectivity index (χ0v) is 9.49. The van der Waals surface area contributed by atoms with Gasteiger partial charge >= 0.3 is 0 Å². The molecule has 0 aliphatic rings. The molecule has 4 heteroatoms. The molecule has 0 radical (unpaired) electrons. The number of alkyl halides is 2. The van der Waals surface area contributed by atoms with Crippen LogP contribution in [0.1, 0.15) is 12.5 Å². The van der Waals surface area contributed by atoms with E-state index in [4.69, 9.17) is 0 Å². The zero-order valence-electron chi connectivity index (χ0n) is 8.67. The average molecular weight is 231 g/mol. The van der Waals surface area contributed by atoms with Gasteiger partial charge in [-0.1, -0.05) is 19.1 Å². The summed E-state index contributed by atoms with van der Waals surface area (Å²) in [6.07, 6.45) is -2.24. The third-order valence-electron chi connectivity index (χ3n) is 1.88. The zero-order chi connectivity index (χ0) is 11.1. The van der Waals surface area contributed by atoms with E-state index in [1.807, 2.05) is 31.2 Å². The number of benzene rings is 1. The predicted molar refractivity (Wildman–Crippen MR) is 60.6 cm³/mol. The summed E-state index contributed by atoms with van der Waals surface area (Å²) in [4.78, 5) is 0.899. The Hall–Kier alpha value is -0.610. The van der Waals surface area contributed by atoms with Crippen molar-refractivity contribution in [3.05, 3.63) is 29.8 Å². The molecule has 84 valence electrons. The molecule has 0 atom stereocenters. The van der Waals surface area contributed by atoms with Gasteiger partial charge in [-0.15, -0.1) is 11.8 Å². The molecule has 1 aromatic rings. The van der Waals surface area contributed by atoms with Crippen LogP contribution in [-0.4, -0.2) is 18.7 Å². The first-order valence-corrected chi connectivity index (χ1v) is 5.91. The largest absolute Gasteiger partial charge is 0.313 e. The first-order valence-electron chi connectivity index (χ1n) is 4.93. The molecule has 0 spiro atoms. The number of hydrogen-bond donors (Lipinski definition) is 1. The van der Waals surface area contributed by atoms with Crippen molar-refractivity contribution in [1.29, 1.82) is 0 Å². The van der Waals surface area contributed by atoms with Crippen LogP contribution in [0.3, 0.4) is 0 Å². The average Bonchev–Trinajstić information content (AvgIpc) is 2.25. The van der Waals surface area contributed by atoms with Gasteiger partial charge in [0.1, 0.15) is 0 Å². The van der Waals surface area contributed by atoms with Crippen LogP contribution in [0, 0.1) is 0 Å². The van der Waals surface area contributed by atoms with Crippen LogP contribution in [0.4, 0.5) is 8.78 Å². The van der Waals surface area contributed by atoms with Gasteiger partial charge in [0.05, 0.1) is 5.75 Å². The molecule has 1 N–H and O–H groups in total. The molecule has 0 fully saturated rings. The minimum absolute atomic E-state index is 0.132. The van der Waals surface area contributed by atoms with E-state index in [9.17, 15) is 8.78 Å². The molecular weight excluding hydrogens is 216 g/mol. The maximum atomic E-state index is 11.9. The number of rotatable bonds is 6. The van der Waals surface area contributed by atoms with Crippen LogP contribution in [0.2, 0.25) is 0 Å². The molecule has 0 saturated heterocycles. The molecule has 0 saturated carbocycles. The minimum atomic E-state index is -2.24. The lowest BCUT2D eigenvalue weighted by Crippen LogP contribution is -2.11. The first kappa shape index (κ1) is 12.5. The summed E-state index contributed by atoms with van der Waals surface area (Å²) >= 11 is 1.19. The minimum Gasteiger partial charge on any atom is -0.313 e. The van der Waals surface area contributed by atoms with E-state index in [2.05, 4.69) is 5.32 Å². The van der Waals surface area contributed by atoms with Crippen LogP contribution in [0.5, 0.6) is 0 Å². The van der Waals surface area contributed by atoms with E-state index < -0.39 is 6.43 Å². The second kappa shape index (κ2) is 6.80. The molecule has 0 aromatic heterocycles. The highest BCUT2D eigenvalue weighted by Crippen LogP contribution is 2.20. The smallest absolute Gasteiger partial charge is 0.247 e. The topological polar surface area (TPSA) is 12.0 Å². The molecule has 0 unspecified atom stereocenters. The van der Waals surface area contributed by atoms with Gasteiger partial charge < -0.3 is 5.32 Å². The summed E-state index contributed by atoms with van der Waals surface area (Å²) in [5.41, 5.74) is 1.18. The Kier molecular flexibility index (Phi) is 5.65. The Bertz CT molecular complexity index is 274. The fourth-order valence-corrected chi connectivity index (χ4v) is 1.78. The van der Waals surface area contributed by atoms with Crippen molar-refractivity contribution in [2.45, 2.75) is 24.8 Å². The molecule has 1 aromatic carbocycles. The first-order chi connectivity index (χ1) is 7.22. The van der Waals surface area contributed by atoms with Crippen molar-refractivity contribution in [2.75, 3.05) is 12.3 Å². The van der Waals surface area contributed by atoms with Gasteiger partial charge in [0.2, 0.25) is 6.43 Å². The Labute approximate surface area is 93.3 Å². The van der Waals surface area contributed by atoms with Crippen LogP contribution in [0.25, 0.3) is 0 Å². The quantitative estimate of drug-likeness (QED) is 0.755. The summed E-state index contributed by atoms with van der Waals surface area (Å²) in [7, 11) is 0. The van der Waals surface area contributed by atoms with Gasteiger partial charge in [0.25, 0.3) is 0 Å². The highest BCUT2D eigenvalue weighted by Gasteiger charge is 2.03. The van der Waals surface area contributed by atoms with E-state index in [1.165, 1.54) is 17.3 Å². The Morgan fingerprint density at radius 1 is 1.27 bits per heavy atom. The number of nitrogens with one attached hydrogen (secondary N) is 1. The molecular formula is C11H15F2NS. The second-order valence-electron chi connectivity index (χ2n) is 3.13. The lowest BCUT2D eigenvalue weighted by molar-refractivity contribution is 0.177. The third kappa shape index (κ3) is 5.14. The van der Waals surface area contributed by atoms with Gasteiger partial charge in [0.15, 0.2) is 0 Å². The van der Waals surface area contributed by atoms with Gasteiger partial charge in [0, 0.05) is 11.4 Å². The summed E-state index contributed by atoms with van der Waals surface area (Å²) in [5.74, 6) is -0.132. The van der Waals surface area contributed by atoms with Crippen LogP contribution in [-0.2, 0) is 6.54 Å². The molecule has 0 aliphatic carbocycles. The van der Waals surface area contributed by atoms with Crippen molar-refractivity contribution >= 4 is 11.8 Å². The molecule has 0 amide bonds. The summed E-state index contributed by atoms with van der Waals surface area (Å²) in [5, 5.41) is 3.21. The molecule has 0 bridgehead atoms.